The molecule has 96 valence electrons. The van der Waals surface area contributed by atoms with E-state index in [0.29, 0.717) is 10.0 Å². The Bertz CT molecular complexity index is 331. The van der Waals surface area contributed by atoms with Crippen molar-refractivity contribution in [2.75, 3.05) is 11.0 Å². The van der Waals surface area contributed by atoms with Gasteiger partial charge in [0.05, 0.1) is 10.0 Å². The van der Waals surface area contributed by atoms with Gasteiger partial charge in [0, 0.05) is 6.54 Å². The fourth-order valence-electron chi connectivity index (χ4n) is 1.58. The Balaban J connectivity index is 2.11. The van der Waals surface area contributed by atoms with E-state index in [-0.39, 0.29) is 0 Å². The molecular formula is C13H18Cl2IN. The molecule has 1 rings (SSSR count). The number of alkyl halides is 1. The molecule has 0 aliphatic rings. The van der Waals surface area contributed by atoms with Gasteiger partial charge in [0.25, 0.3) is 0 Å². The molecule has 0 fully saturated rings. The Morgan fingerprint density at radius 2 is 1.76 bits per heavy atom. The summed E-state index contributed by atoms with van der Waals surface area (Å²) in [5.74, 6) is 0. The Labute approximate surface area is 127 Å². The fraction of sp³-hybridized carbons (Fsp3) is 0.538. The maximum Gasteiger partial charge on any atom is 0.0595 e. The maximum absolute atomic E-state index is 5.95. The first-order valence-electron chi connectivity index (χ1n) is 5.94. The summed E-state index contributed by atoms with van der Waals surface area (Å²) < 4.78 is 1.27. The molecule has 1 aromatic rings. The fourth-order valence-corrected chi connectivity index (χ4v) is 2.44. The molecule has 0 bridgehead atoms. The predicted octanol–water partition coefficient (Wildman–Crippen LogP) is 5.08. The van der Waals surface area contributed by atoms with Gasteiger partial charge in [-0.2, -0.15) is 0 Å². The van der Waals surface area contributed by atoms with E-state index in [0.717, 1.165) is 13.1 Å². The third-order valence-corrected chi connectivity index (χ3v) is 4.05. The molecule has 0 radical (unpaired) electrons. The Morgan fingerprint density at radius 1 is 1.00 bits per heavy atom. The van der Waals surface area contributed by atoms with Crippen molar-refractivity contribution in [3.8, 4) is 0 Å². The van der Waals surface area contributed by atoms with Gasteiger partial charge in [0.15, 0.2) is 0 Å². The number of unbranched alkanes of at least 4 members (excludes halogenated alkanes) is 3. The molecule has 0 saturated carbocycles. The number of benzene rings is 1. The summed E-state index contributed by atoms with van der Waals surface area (Å²) in [6.07, 6.45) is 5.25. The summed E-state index contributed by atoms with van der Waals surface area (Å²) in [4.78, 5) is 0. The molecule has 0 saturated heterocycles. The highest BCUT2D eigenvalue weighted by molar-refractivity contribution is 14.1. The van der Waals surface area contributed by atoms with Gasteiger partial charge >= 0.3 is 0 Å². The highest BCUT2D eigenvalue weighted by atomic mass is 127. The van der Waals surface area contributed by atoms with Crippen LogP contribution >= 0.6 is 45.8 Å². The van der Waals surface area contributed by atoms with Crippen LogP contribution < -0.4 is 5.32 Å². The predicted molar refractivity (Wildman–Crippen MR) is 85.5 cm³/mol. The van der Waals surface area contributed by atoms with Crippen molar-refractivity contribution in [1.29, 1.82) is 0 Å². The average molecular weight is 386 g/mol. The van der Waals surface area contributed by atoms with Crippen LogP contribution in [0.1, 0.15) is 31.2 Å². The van der Waals surface area contributed by atoms with Crippen molar-refractivity contribution in [1.82, 2.24) is 5.32 Å². The molecule has 17 heavy (non-hydrogen) atoms. The lowest BCUT2D eigenvalue weighted by molar-refractivity contribution is 0.600. The van der Waals surface area contributed by atoms with Gasteiger partial charge in [-0.3, -0.25) is 0 Å². The van der Waals surface area contributed by atoms with Crippen LogP contribution in [0.25, 0.3) is 0 Å². The lowest BCUT2D eigenvalue weighted by Gasteiger charge is -2.06. The van der Waals surface area contributed by atoms with Crippen LogP contribution in [0.3, 0.4) is 0 Å². The molecule has 1 aromatic carbocycles. The highest BCUT2D eigenvalue weighted by Crippen LogP contribution is 2.22. The van der Waals surface area contributed by atoms with Crippen LogP contribution in [-0.4, -0.2) is 11.0 Å². The molecule has 1 N–H and O–H groups in total. The van der Waals surface area contributed by atoms with Gasteiger partial charge in [0.2, 0.25) is 0 Å². The summed E-state index contributed by atoms with van der Waals surface area (Å²) in [5.41, 5.74) is 1.19. The van der Waals surface area contributed by atoms with Crippen molar-refractivity contribution in [3.63, 3.8) is 0 Å². The third kappa shape index (κ3) is 6.85. The van der Waals surface area contributed by atoms with Crippen LogP contribution in [-0.2, 0) is 6.54 Å². The van der Waals surface area contributed by atoms with E-state index in [4.69, 9.17) is 23.2 Å². The van der Waals surface area contributed by atoms with Gasteiger partial charge < -0.3 is 5.32 Å². The van der Waals surface area contributed by atoms with Gasteiger partial charge in [-0.1, -0.05) is 64.7 Å². The minimum atomic E-state index is 0.620. The first kappa shape index (κ1) is 15.5. The van der Waals surface area contributed by atoms with E-state index in [2.05, 4.69) is 27.9 Å². The average Bonchev–Trinajstić information content (AvgIpc) is 2.32. The summed E-state index contributed by atoms with van der Waals surface area (Å²) in [6, 6.07) is 5.78. The Hall–Kier alpha value is 0.490. The zero-order chi connectivity index (χ0) is 12.5. The van der Waals surface area contributed by atoms with Gasteiger partial charge in [-0.25, -0.2) is 0 Å². The molecule has 0 aromatic heterocycles. The number of nitrogens with one attached hydrogen (secondary N) is 1. The summed E-state index contributed by atoms with van der Waals surface area (Å²) in [6.45, 7) is 1.94. The van der Waals surface area contributed by atoms with Crippen LogP contribution in [0.4, 0.5) is 0 Å². The minimum Gasteiger partial charge on any atom is -0.313 e. The van der Waals surface area contributed by atoms with E-state index in [1.165, 1.54) is 35.7 Å². The molecule has 0 aliphatic heterocycles. The highest BCUT2D eigenvalue weighted by Gasteiger charge is 1.98. The first-order valence-corrected chi connectivity index (χ1v) is 8.23. The lowest BCUT2D eigenvalue weighted by Crippen LogP contribution is -2.14. The summed E-state index contributed by atoms with van der Waals surface area (Å²) >= 11 is 14.2. The number of rotatable bonds is 8. The second-order valence-corrected chi connectivity index (χ2v) is 5.92. The number of hydrogen-bond donors (Lipinski definition) is 1. The Kier molecular flexibility index (Phi) is 8.62. The SMILES string of the molecule is Clc1ccc(CNCCCCCCI)cc1Cl. The summed E-state index contributed by atoms with van der Waals surface area (Å²) in [5, 5.41) is 4.67. The zero-order valence-corrected chi connectivity index (χ0v) is 13.5. The van der Waals surface area contributed by atoms with Gasteiger partial charge in [-0.05, 0) is 41.5 Å². The van der Waals surface area contributed by atoms with Crippen LogP contribution in [0.15, 0.2) is 18.2 Å². The number of hydrogen-bond acceptors (Lipinski definition) is 1. The molecule has 0 atom stereocenters. The monoisotopic (exact) mass is 385 g/mol. The minimum absolute atomic E-state index is 0.620. The van der Waals surface area contributed by atoms with Crippen molar-refractivity contribution in [3.05, 3.63) is 33.8 Å². The molecule has 0 unspecified atom stereocenters. The lowest BCUT2D eigenvalue weighted by atomic mass is 10.2. The second-order valence-electron chi connectivity index (χ2n) is 4.03. The molecule has 1 nitrogen and oxygen atoms in total. The van der Waals surface area contributed by atoms with Crippen molar-refractivity contribution >= 4 is 45.8 Å². The van der Waals surface area contributed by atoms with E-state index in [9.17, 15) is 0 Å². The molecule has 0 spiro atoms. The first-order chi connectivity index (χ1) is 8.24. The van der Waals surface area contributed by atoms with E-state index in [1.807, 2.05) is 18.2 Å². The number of halogens is 3. The largest absolute Gasteiger partial charge is 0.313 e. The van der Waals surface area contributed by atoms with E-state index < -0.39 is 0 Å². The van der Waals surface area contributed by atoms with Gasteiger partial charge in [0.1, 0.15) is 0 Å². The van der Waals surface area contributed by atoms with Crippen LogP contribution in [0.2, 0.25) is 10.0 Å². The van der Waals surface area contributed by atoms with Crippen molar-refractivity contribution in [2.24, 2.45) is 0 Å². The third-order valence-electron chi connectivity index (χ3n) is 2.55. The molecule has 0 amide bonds. The van der Waals surface area contributed by atoms with E-state index >= 15 is 0 Å². The van der Waals surface area contributed by atoms with Gasteiger partial charge in [-0.15, -0.1) is 0 Å². The van der Waals surface area contributed by atoms with E-state index in [1.54, 1.807) is 0 Å². The smallest absolute Gasteiger partial charge is 0.0595 e. The molecule has 0 aliphatic carbocycles. The second kappa shape index (κ2) is 9.42. The molecule has 0 heterocycles. The summed E-state index contributed by atoms with van der Waals surface area (Å²) in [7, 11) is 0. The quantitative estimate of drug-likeness (QED) is 0.374. The molecule has 4 heteroatoms. The topological polar surface area (TPSA) is 12.0 Å². The Morgan fingerprint density at radius 3 is 2.47 bits per heavy atom. The van der Waals surface area contributed by atoms with Crippen molar-refractivity contribution in [2.45, 2.75) is 32.2 Å². The normalized spacial score (nSPS) is 10.8. The van der Waals surface area contributed by atoms with Crippen molar-refractivity contribution < 1.29 is 0 Å². The van der Waals surface area contributed by atoms with Crippen LogP contribution in [0, 0.1) is 0 Å². The standard InChI is InChI=1S/C13H18Cl2IN/c14-12-6-5-11(9-13(12)15)10-17-8-4-2-1-3-7-16/h5-6,9,17H,1-4,7-8,10H2. The zero-order valence-electron chi connectivity index (χ0n) is 9.82. The maximum atomic E-state index is 5.95. The molecular weight excluding hydrogens is 368 g/mol. The van der Waals surface area contributed by atoms with Crippen LogP contribution in [0.5, 0.6) is 0 Å².